The molecular weight excluding hydrogens is 511 g/mol. The maximum absolute atomic E-state index is 2.37. The van der Waals surface area contributed by atoms with Crippen molar-refractivity contribution >= 4 is 0 Å². The number of rotatable bonds is 0. The third-order valence-electron chi connectivity index (χ3n) is 9.63. The smallest absolute Gasteiger partial charge is 0 e. The van der Waals surface area contributed by atoms with Gasteiger partial charge in [-0.3, -0.25) is 4.70 Å². The van der Waals surface area contributed by atoms with E-state index in [9.17, 15) is 0 Å². The SMILES string of the molecule is C.CC1=CCC(C)CC1.CC1=CCC(C)CC1.CC1CCC(C)CC1.CC1CCC(C)CC1.Cc1ccc(C)cc1.F.[HH]. The first-order valence-corrected chi connectivity index (χ1v) is 17.3. The number of hydrogen-bond acceptors (Lipinski definition) is 0. The maximum atomic E-state index is 2.37. The van der Waals surface area contributed by atoms with Gasteiger partial charge in [0.05, 0.1) is 0 Å². The fourth-order valence-corrected chi connectivity index (χ4v) is 5.68. The molecule has 2 saturated carbocycles. The highest BCUT2D eigenvalue weighted by Gasteiger charge is 2.14. The van der Waals surface area contributed by atoms with E-state index in [-0.39, 0.29) is 13.6 Å². The molecule has 0 amide bonds. The van der Waals surface area contributed by atoms with Gasteiger partial charge in [0.25, 0.3) is 0 Å². The average molecular weight is 589 g/mol. The molecular formula is C41H77F. The Bertz CT molecular complexity index is 718. The number of hydrogen-bond donors (Lipinski definition) is 0. The van der Waals surface area contributed by atoms with Crippen molar-refractivity contribution in [2.45, 2.75) is 167 Å². The molecule has 1 heteroatoms. The Morgan fingerprint density at radius 3 is 0.833 bits per heavy atom. The van der Waals surface area contributed by atoms with Crippen LogP contribution in [0.1, 0.15) is 165 Å². The first-order valence-electron chi connectivity index (χ1n) is 17.3. The van der Waals surface area contributed by atoms with Crippen LogP contribution in [0.5, 0.6) is 0 Å². The van der Waals surface area contributed by atoms with E-state index in [1.807, 2.05) is 0 Å². The molecule has 4 aliphatic rings. The largest absolute Gasteiger partial charge is 0.269 e. The van der Waals surface area contributed by atoms with Gasteiger partial charge in [-0.2, -0.15) is 0 Å². The molecule has 42 heavy (non-hydrogen) atoms. The lowest BCUT2D eigenvalue weighted by Gasteiger charge is -2.22. The minimum Gasteiger partial charge on any atom is -0.269 e. The van der Waals surface area contributed by atoms with Gasteiger partial charge in [0, 0.05) is 1.43 Å². The van der Waals surface area contributed by atoms with E-state index in [1.54, 1.807) is 11.1 Å². The summed E-state index contributed by atoms with van der Waals surface area (Å²) >= 11 is 0. The number of benzene rings is 1. The van der Waals surface area contributed by atoms with Crippen LogP contribution in [-0.2, 0) is 0 Å². The Balaban J connectivity index is -0.000000457. The lowest BCUT2D eigenvalue weighted by atomic mass is 9.84. The van der Waals surface area contributed by atoms with E-state index in [1.165, 1.54) is 101 Å². The quantitative estimate of drug-likeness (QED) is 0.264. The summed E-state index contributed by atoms with van der Waals surface area (Å²) in [5.41, 5.74) is 5.83. The second-order valence-corrected chi connectivity index (χ2v) is 14.7. The molecule has 1 aromatic rings. The van der Waals surface area contributed by atoms with Crippen molar-refractivity contribution in [3.63, 3.8) is 0 Å². The molecule has 0 aliphatic heterocycles. The summed E-state index contributed by atoms with van der Waals surface area (Å²) in [5.74, 6) is 5.96. The predicted octanol–water partition coefficient (Wildman–Crippen LogP) is 14.5. The van der Waals surface area contributed by atoms with E-state index in [0.29, 0.717) is 0 Å². The molecule has 0 saturated heterocycles. The molecule has 0 aromatic heterocycles. The minimum absolute atomic E-state index is 0. The third kappa shape index (κ3) is 23.1. The van der Waals surface area contributed by atoms with Crippen LogP contribution in [0.3, 0.4) is 0 Å². The van der Waals surface area contributed by atoms with Crippen molar-refractivity contribution in [3.8, 4) is 0 Å². The summed E-state index contributed by atoms with van der Waals surface area (Å²) < 4.78 is 0. The highest BCUT2D eigenvalue weighted by atomic mass is 19.0. The monoisotopic (exact) mass is 589 g/mol. The second kappa shape index (κ2) is 25.0. The Morgan fingerprint density at radius 2 is 0.667 bits per heavy atom. The second-order valence-electron chi connectivity index (χ2n) is 14.7. The van der Waals surface area contributed by atoms with Crippen molar-refractivity contribution in [3.05, 3.63) is 58.7 Å². The standard InChI is InChI=1S/2C8H16.2C8H14.C8H10.CH4.FH.H2/c5*1-7-3-5-8(2)6-4-7;;;/h2*7-8H,3-6H2,1-2H3;2*3,8H,4-6H2,1-2H3;3-6H,1-2H3;1H4;2*1H. The third-order valence-corrected chi connectivity index (χ3v) is 9.63. The molecule has 5 rings (SSSR count). The lowest BCUT2D eigenvalue weighted by Crippen LogP contribution is -2.08. The van der Waals surface area contributed by atoms with Crippen LogP contribution in [-0.4, -0.2) is 0 Å². The first kappa shape index (κ1) is 42.8. The van der Waals surface area contributed by atoms with E-state index in [2.05, 4.69) is 106 Å². The van der Waals surface area contributed by atoms with Crippen molar-refractivity contribution < 1.29 is 6.13 Å². The predicted molar refractivity (Wildman–Crippen MR) is 194 cm³/mol. The molecule has 0 radical (unpaired) electrons. The van der Waals surface area contributed by atoms with Gasteiger partial charge in [-0.05, 0) is 102 Å². The zero-order valence-corrected chi connectivity index (χ0v) is 29.2. The summed E-state index contributed by atoms with van der Waals surface area (Å²) in [6.07, 6.45) is 24.6. The van der Waals surface area contributed by atoms with E-state index < -0.39 is 0 Å². The number of allylic oxidation sites excluding steroid dienone is 4. The normalized spacial score (nSPS) is 28.2. The van der Waals surface area contributed by atoms with Gasteiger partial charge in [-0.25, -0.2) is 0 Å². The van der Waals surface area contributed by atoms with Crippen molar-refractivity contribution in [1.29, 1.82) is 0 Å². The molecule has 2 unspecified atom stereocenters. The summed E-state index contributed by atoms with van der Waals surface area (Å²) in [6, 6.07) is 8.48. The summed E-state index contributed by atoms with van der Waals surface area (Å²) in [4.78, 5) is 0. The van der Waals surface area contributed by atoms with Crippen molar-refractivity contribution in [2.75, 3.05) is 0 Å². The Kier molecular flexibility index (Phi) is 25.5. The van der Waals surface area contributed by atoms with E-state index >= 15 is 0 Å². The summed E-state index contributed by atoms with van der Waals surface area (Å²) in [6.45, 7) is 22.8. The highest BCUT2D eigenvalue weighted by molar-refractivity contribution is 5.19. The zero-order valence-electron chi connectivity index (χ0n) is 29.2. The Morgan fingerprint density at radius 1 is 0.429 bits per heavy atom. The van der Waals surface area contributed by atoms with Gasteiger partial charge < -0.3 is 0 Å². The maximum Gasteiger partial charge on any atom is 0 e. The number of aryl methyl sites for hydroxylation is 2. The molecule has 0 N–H and O–H groups in total. The molecule has 0 spiro atoms. The van der Waals surface area contributed by atoms with Crippen LogP contribution in [0.4, 0.5) is 4.70 Å². The van der Waals surface area contributed by atoms with Crippen LogP contribution in [0, 0.1) is 49.4 Å². The van der Waals surface area contributed by atoms with Crippen LogP contribution in [0.25, 0.3) is 0 Å². The molecule has 1 aromatic carbocycles. The Labute approximate surface area is 266 Å². The Hall–Kier alpha value is -1.37. The van der Waals surface area contributed by atoms with Gasteiger partial charge in [0.15, 0.2) is 0 Å². The summed E-state index contributed by atoms with van der Waals surface area (Å²) in [7, 11) is 0. The van der Waals surface area contributed by atoms with Gasteiger partial charge >= 0.3 is 0 Å². The summed E-state index contributed by atoms with van der Waals surface area (Å²) in [5, 5.41) is 0. The van der Waals surface area contributed by atoms with Crippen molar-refractivity contribution in [1.82, 2.24) is 0 Å². The number of halogens is 1. The van der Waals surface area contributed by atoms with Crippen LogP contribution in [0.2, 0.25) is 0 Å². The topological polar surface area (TPSA) is 0 Å². The zero-order chi connectivity index (χ0) is 29.9. The molecule has 0 nitrogen and oxygen atoms in total. The van der Waals surface area contributed by atoms with E-state index in [4.69, 9.17) is 0 Å². The van der Waals surface area contributed by atoms with Crippen LogP contribution < -0.4 is 0 Å². The fourth-order valence-electron chi connectivity index (χ4n) is 5.68. The molecule has 248 valence electrons. The van der Waals surface area contributed by atoms with Gasteiger partial charge in [0.2, 0.25) is 0 Å². The average Bonchev–Trinajstić information content (AvgIpc) is 2.94. The van der Waals surface area contributed by atoms with Crippen molar-refractivity contribution in [2.24, 2.45) is 35.5 Å². The molecule has 4 aliphatic carbocycles. The fraction of sp³-hybridized carbons (Fsp3) is 0.756. The van der Waals surface area contributed by atoms with Gasteiger partial charge in [0.1, 0.15) is 0 Å². The van der Waals surface area contributed by atoms with Crippen LogP contribution >= 0.6 is 0 Å². The highest BCUT2D eigenvalue weighted by Crippen LogP contribution is 2.28. The first-order chi connectivity index (χ1) is 18.9. The molecule has 0 bridgehead atoms. The van der Waals surface area contributed by atoms with Crippen LogP contribution in [0.15, 0.2) is 47.6 Å². The van der Waals surface area contributed by atoms with Gasteiger partial charge in [-0.15, -0.1) is 0 Å². The molecule has 2 atom stereocenters. The minimum atomic E-state index is 0. The van der Waals surface area contributed by atoms with Gasteiger partial charge in [-0.1, -0.05) is 159 Å². The van der Waals surface area contributed by atoms with E-state index in [0.717, 1.165) is 35.5 Å². The molecule has 2 fully saturated rings. The lowest BCUT2D eigenvalue weighted by molar-refractivity contribution is 0.308. The molecule has 0 heterocycles.